The molecule has 0 atom stereocenters. The van der Waals surface area contributed by atoms with Crippen LogP contribution in [0.15, 0.2) is 48.5 Å². The smallest absolute Gasteiger partial charge is 0.0730 e. The van der Waals surface area contributed by atoms with Gasteiger partial charge in [-0.3, -0.25) is 0 Å². The summed E-state index contributed by atoms with van der Waals surface area (Å²) in [5, 5.41) is 6.08. The first-order valence-corrected chi connectivity index (χ1v) is 9.14. The van der Waals surface area contributed by atoms with Crippen LogP contribution in [0.1, 0.15) is 19.8 Å². The summed E-state index contributed by atoms with van der Waals surface area (Å²) < 4.78 is 0. The van der Waals surface area contributed by atoms with Crippen LogP contribution in [0.25, 0.3) is 21.8 Å². The molecular formula is C19H22N2S. The average Bonchev–Trinajstić information content (AvgIpc) is 2.57. The first kappa shape index (κ1) is 15.2. The zero-order chi connectivity index (χ0) is 15.2. The number of nitrogens with zero attached hydrogens (tertiary/aromatic N) is 1. The van der Waals surface area contributed by atoms with Crippen LogP contribution in [0.2, 0.25) is 0 Å². The van der Waals surface area contributed by atoms with E-state index in [4.69, 9.17) is 4.98 Å². The topological polar surface area (TPSA) is 24.9 Å². The molecule has 0 aliphatic carbocycles. The fraction of sp³-hybridized carbons (Fsp3) is 0.316. The Kier molecular flexibility index (Phi) is 5.17. The molecule has 1 heterocycles. The van der Waals surface area contributed by atoms with Gasteiger partial charge in [0.25, 0.3) is 0 Å². The summed E-state index contributed by atoms with van der Waals surface area (Å²) in [5.74, 6) is 2.49. The van der Waals surface area contributed by atoms with Gasteiger partial charge in [-0.1, -0.05) is 43.3 Å². The lowest BCUT2D eigenvalue weighted by Gasteiger charge is -2.13. The summed E-state index contributed by atoms with van der Waals surface area (Å²) in [6, 6.07) is 16.8. The Hall–Kier alpha value is -1.74. The molecule has 0 spiro atoms. The van der Waals surface area contributed by atoms with Crippen molar-refractivity contribution >= 4 is 39.3 Å². The minimum atomic E-state index is 1.01. The summed E-state index contributed by atoms with van der Waals surface area (Å²) in [5.41, 5.74) is 3.34. The predicted octanol–water partition coefficient (Wildman–Crippen LogP) is 5.33. The summed E-state index contributed by atoms with van der Waals surface area (Å²) >= 11 is 2.04. The first-order chi connectivity index (χ1) is 10.9. The fourth-order valence-electron chi connectivity index (χ4n) is 2.66. The van der Waals surface area contributed by atoms with Crippen molar-refractivity contribution in [1.82, 2.24) is 4.98 Å². The maximum Gasteiger partial charge on any atom is 0.0730 e. The number of thioether (sulfide) groups is 1. The van der Waals surface area contributed by atoms with Crippen molar-refractivity contribution in [2.24, 2.45) is 0 Å². The molecule has 0 unspecified atom stereocenters. The second-order valence-corrected chi connectivity index (χ2v) is 6.64. The highest BCUT2D eigenvalue weighted by Gasteiger charge is 2.07. The van der Waals surface area contributed by atoms with Crippen LogP contribution >= 0.6 is 11.8 Å². The van der Waals surface area contributed by atoms with E-state index >= 15 is 0 Å². The summed E-state index contributed by atoms with van der Waals surface area (Å²) in [7, 11) is 0. The molecule has 3 aromatic rings. The Balaban J connectivity index is 1.85. The molecule has 0 saturated heterocycles. The molecule has 0 bridgehead atoms. The zero-order valence-electron chi connectivity index (χ0n) is 13.0. The molecule has 0 saturated carbocycles. The van der Waals surface area contributed by atoms with Gasteiger partial charge >= 0.3 is 0 Å². The van der Waals surface area contributed by atoms with Gasteiger partial charge in [-0.15, -0.1) is 0 Å². The normalized spacial score (nSPS) is 11.1. The van der Waals surface area contributed by atoms with Gasteiger partial charge in [-0.05, 0) is 36.5 Å². The van der Waals surface area contributed by atoms with Crippen LogP contribution in [-0.4, -0.2) is 23.0 Å². The minimum Gasteiger partial charge on any atom is -0.384 e. The van der Waals surface area contributed by atoms with E-state index in [1.807, 2.05) is 11.8 Å². The van der Waals surface area contributed by atoms with Crippen molar-refractivity contribution in [2.75, 3.05) is 23.4 Å². The van der Waals surface area contributed by atoms with Gasteiger partial charge in [0.2, 0.25) is 0 Å². The molecule has 3 heteroatoms. The number of anilines is 1. The third-order valence-electron chi connectivity index (χ3n) is 3.70. The molecule has 0 aliphatic heterocycles. The van der Waals surface area contributed by atoms with Crippen LogP contribution in [0.5, 0.6) is 0 Å². The molecule has 3 rings (SSSR count). The molecule has 2 aromatic carbocycles. The van der Waals surface area contributed by atoms with Crippen LogP contribution in [0.3, 0.4) is 0 Å². The summed E-state index contributed by atoms with van der Waals surface area (Å²) in [6.45, 7) is 3.25. The van der Waals surface area contributed by atoms with E-state index in [1.54, 1.807) is 0 Å². The third kappa shape index (κ3) is 3.36. The predicted molar refractivity (Wildman–Crippen MR) is 100.0 cm³/mol. The second kappa shape index (κ2) is 7.50. The highest BCUT2D eigenvalue weighted by molar-refractivity contribution is 7.99. The number of benzene rings is 2. The standard InChI is InChI=1S/C19H22N2S/c1-2-13-22-14-7-12-20-19-15-8-3-5-10-17(15)21-18-11-6-4-9-16(18)19/h3-6,8-11H,2,7,12-14H2,1H3,(H,20,21). The van der Waals surface area contributed by atoms with Crippen molar-refractivity contribution in [2.45, 2.75) is 19.8 Å². The zero-order valence-corrected chi connectivity index (χ0v) is 13.8. The Morgan fingerprint density at radius 1 is 0.909 bits per heavy atom. The molecule has 2 nitrogen and oxygen atoms in total. The monoisotopic (exact) mass is 310 g/mol. The minimum absolute atomic E-state index is 1.01. The molecule has 0 amide bonds. The van der Waals surface area contributed by atoms with Crippen molar-refractivity contribution in [3.8, 4) is 0 Å². The Morgan fingerprint density at radius 3 is 2.18 bits per heavy atom. The van der Waals surface area contributed by atoms with Crippen molar-refractivity contribution in [3.63, 3.8) is 0 Å². The molecule has 0 aliphatic rings. The number of hydrogen-bond acceptors (Lipinski definition) is 3. The van der Waals surface area contributed by atoms with E-state index in [0.29, 0.717) is 0 Å². The number of nitrogens with one attached hydrogen (secondary N) is 1. The van der Waals surface area contributed by atoms with Gasteiger partial charge in [0.15, 0.2) is 0 Å². The molecular weight excluding hydrogens is 288 g/mol. The largest absolute Gasteiger partial charge is 0.384 e. The average molecular weight is 310 g/mol. The van der Waals surface area contributed by atoms with Crippen molar-refractivity contribution in [3.05, 3.63) is 48.5 Å². The van der Waals surface area contributed by atoms with Crippen molar-refractivity contribution < 1.29 is 0 Å². The maximum absolute atomic E-state index is 4.76. The number of hydrogen-bond donors (Lipinski definition) is 1. The number of rotatable bonds is 7. The van der Waals surface area contributed by atoms with Gasteiger partial charge in [0.05, 0.1) is 16.7 Å². The van der Waals surface area contributed by atoms with E-state index in [9.17, 15) is 0 Å². The molecule has 0 fully saturated rings. The van der Waals surface area contributed by atoms with E-state index in [1.165, 1.54) is 40.8 Å². The highest BCUT2D eigenvalue weighted by atomic mass is 32.2. The Morgan fingerprint density at radius 2 is 1.55 bits per heavy atom. The highest BCUT2D eigenvalue weighted by Crippen LogP contribution is 2.30. The van der Waals surface area contributed by atoms with Crippen LogP contribution in [0.4, 0.5) is 5.69 Å². The molecule has 1 aromatic heterocycles. The number of aromatic nitrogens is 1. The summed E-state index contributed by atoms with van der Waals surface area (Å²) in [4.78, 5) is 4.76. The number of fused-ring (bicyclic) bond motifs is 2. The van der Waals surface area contributed by atoms with E-state index in [2.05, 4.69) is 60.8 Å². The van der Waals surface area contributed by atoms with E-state index < -0.39 is 0 Å². The van der Waals surface area contributed by atoms with E-state index in [0.717, 1.165) is 17.6 Å². The van der Waals surface area contributed by atoms with Gasteiger partial charge in [-0.2, -0.15) is 11.8 Å². The molecule has 0 radical (unpaired) electrons. The van der Waals surface area contributed by atoms with Gasteiger partial charge < -0.3 is 5.32 Å². The van der Waals surface area contributed by atoms with Crippen LogP contribution in [-0.2, 0) is 0 Å². The van der Waals surface area contributed by atoms with Crippen LogP contribution < -0.4 is 5.32 Å². The van der Waals surface area contributed by atoms with Crippen LogP contribution in [0, 0.1) is 0 Å². The van der Waals surface area contributed by atoms with Gasteiger partial charge in [0, 0.05) is 17.3 Å². The maximum atomic E-state index is 4.76. The molecule has 114 valence electrons. The lowest BCUT2D eigenvalue weighted by atomic mass is 10.1. The number of para-hydroxylation sites is 2. The second-order valence-electron chi connectivity index (χ2n) is 5.41. The lowest BCUT2D eigenvalue weighted by molar-refractivity contribution is 0.991. The first-order valence-electron chi connectivity index (χ1n) is 7.99. The lowest BCUT2D eigenvalue weighted by Crippen LogP contribution is -2.04. The van der Waals surface area contributed by atoms with Crippen molar-refractivity contribution in [1.29, 1.82) is 0 Å². The molecule has 1 N–H and O–H groups in total. The molecule has 22 heavy (non-hydrogen) atoms. The SMILES string of the molecule is CCCSCCCNc1c2ccccc2nc2ccccc12. The van der Waals surface area contributed by atoms with Gasteiger partial charge in [0.1, 0.15) is 0 Å². The van der Waals surface area contributed by atoms with Gasteiger partial charge in [-0.25, -0.2) is 4.98 Å². The Labute approximate surface area is 136 Å². The quantitative estimate of drug-likeness (QED) is 0.471. The fourth-order valence-corrected chi connectivity index (χ4v) is 3.51. The van der Waals surface area contributed by atoms with E-state index in [-0.39, 0.29) is 0 Å². The third-order valence-corrected chi connectivity index (χ3v) is 4.98. The summed E-state index contributed by atoms with van der Waals surface area (Å²) in [6.07, 6.45) is 2.45. The Bertz CT molecular complexity index is 701. The number of pyridine rings is 1.